The third-order valence-corrected chi connectivity index (χ3v) is 5.00. The molecule has 0 bridgehead atoms. The largest absolute Gasteiger partial charge is 0.347 e. The van der Waals surface area contributed by atoms with Gasteiger partial charge >= 0.3 is 0 Å². The molecular formula is C22H23N3OS. The Labute approximate surface area is 164 Å². The topological polar surface area (TPSA) is 54.9 Å². The molecule has 5 heteroatoms. The van der Waals surface area contributed by atoms with Crippen molar-refractivity contribution in [3.05, 3.63) is 76.9 Å². The van der Waals surface area contributed by atoms with Crippen LogP contribution in [0.15, 0.2) is 60.1 Å². The summed E-state index contributed by atoms with van der Waals surface area (Å²) in [7, 11) is 0. The van der Waals surface area contributed by atoms with Gasteiger partial charge in [0.25, 0.3) is 0 Å². The van der Waals surface area contributed by atoms with Crippen LogP contribution < -0.4 is 5.32 Å². The molecule has 138 valence electrons. The second-order valence-corrected chi connectivity index (χ2v) is 8.14. The molecule has 2 heterocycles. The van der Waals surface area contributed by atoms with E-state index < -0.39 is 0 Å². The molecule has 0 radical (unpaired) electrons. The van der Waals surface area contributed by atoms with E-state index in [1.807, 2.05) is 41.8 Å². The van der Waals surface area contributed by atoms with Crippen molar-refractivity contribution in [2.75, 3.05) is 0 Å². The molecule has 27 heavy (non-hydrogen) atoms. The number of thiazole rings is 1. The van der Waals surface area contributed by atoms with Gasteiger partial charge in [-0.25, -0.2) is 4.98 Å². The number of amides is 1. The first-order chi connectivity index (χ1) is 12.9. The zero-order valence-electron chi connectivity index (χ0n) is 15.8. The number of nitrogens with zero attached hydrogens (tertiary/aromatic N) is 2. The molecule has 3 aromatic rings. The van der Waals surface area contributed by atoms with Crippen molar-refractivity contribution in [3.8, 4) is 10.7 Å². The van der Waals surface area contributed by atoms with Crippen molar-refractivity contribution in [1.82, 2.24) is 15.3 Å². The Balaban J connectivity index is 1.54. The molecule has 3 rings (SSSR count). The molecule has 4 nitrogen and oxygen atoms in total. The maximum Gasteiger partial charge on any atom is 0.244 e. The number of carbonyl (C=O) groups is 1. The minimum atomic E-state index is -0.137. The number of benzene rings is 1. The first-order valence-corrected chi connectivity index (χ1v) is 9.72. The fraction of sp³-hybridized carbons (Fsp3) is 0.227. The van der Waals surface area contributed by atoms with Crippen molar-refractivity contribution < 1.29 is 4.79 Å². The van der Waals surface area contributed by atoms with Crippen LogP contribution in [-0.2, 0) is 16.8 Å². The molecule has 0 saturated carbocycles. The molecule has 0 aliphatic heterocycles. The van der Waals surface area contributed by atoms with Crippen LogP contribution in [0.25, 0.3) is 16.8 Å². The van der Waals surface area contributed by atoms with E-state index in [0.29, 0.717) is 6.54 Å². The molecule has 2 aromatic heterocycles. The van der Waals surface area contributed by atoms with Crippen LogP contribution in [0.4, 0.5) is 0 Å². The molecule has 0 spiro atoms. The summed E-state index contributed by atoms with van der Waals surface area (Å²) in [6.45, 7) is 6.95. The smallest absolute Gasteiger partial charge is 0.244 e. The van der Waals surface area contributed by atoms with E-state index in [2.05, 4.69) is 48.2 Å². The zero-order valence-corrected chi connectivity index (χ0v) is 16.6. The predicted molar refractivity (Wildman–Crippen MR) is 111 cm³/mol. The molecule has 0 saturated heterocycles. The molecule has 0 atom stereocenters. The van der Waals surface area contributed by atoms with Crippen LogP contribution in [0.3, 0.4) is 0 Å². The van der Waals surface area contributed by atoms with Crippen LogP contribution in [0.2, 0.25) is 0 Å². The van der Waals surface area contributed by atoms with E-state index in [4.69, 9.17) is 0 Å². The van der Waals surface area contributed by atoms with Crippen molar-refractivity contribution in [3.63, 3.8) is 0 Å². The molecule has 1 aromatic carbocycles. The number of aromatic nitrogens is 2. The van der Waals surface area contributed by atoms with Gasteiger partial charge in [0.2, 0.25) is 5.91 Å². The molecule has 0 aliphatic carbocycles. The lowest BCUT2D eigenvalue weighted by atomic mass is 9.87. The van der Waals surface area contributed by atoms with E-state index >= 15 is 0 Å². The molecule has 0 fully saturated rings. The normalized spacial score (nSPS) is 11.7. The Hall–Kier alpha value is -2.79. The SMILES string of the molecule is CC(C)(C)c1ccc(/C=C/C(=O)NCc2csc(-c3ccccn3)n2)cc1. The van der Waals surface area contributed by atoms with Gasteiger partial charge in [0.1, 0.15) is 5.01 Å². The van der Waals surface area contributed by atoms with E-state index in [-0.39, 0.29) is 11.3 Å². The van der Waals surface area contributed by atoms with Gasteiger partial charge < -0.3 is 5.32 Å². The first kappa shape index (κ1) is 19.0. The van der Waals surface area contributed by atoms with Gasteiger partial charge in [-0.1, -0.05) is 51.1 Å². The number of carbonyl (C=O) groups excluding carboxylic acids is 1. The zero-order chi connectivity index (χ0) is 19.3. The van der Waals surface area contributed by atoms with Crippen molar-refractivity contribution in [2.24, 2.45) is 0 Å². The second kappa shape index (κ2) is 8.27. The first-order valence-electron chi connectivity index (χ1n) is 8.84. The van der Waals surface area contributed by atoms with Crippen LogP contribution >= 0.6 is 11.3 Å². The van der Waals surface area contributed by atoms with Gasteiger partial charge in [-0.05, 0) is 34.8 Å². The number of hydrogen-bond acceptors (Lipinski definition) is 4. The lowest BCUT2D eigenvalue weighted by molar-refractivity contribution is -0.116. The number of pyridine rings is 1. The highest BCUT2D eigenvalue weighted by molar-refractivity contribution is 7.13. The number of rotatable bonds is 5. The fourth-order valence-electron chi connectivity index (χ4n) is 2.50. The maximum absolute atomic E-state index is 12.1. The van der Waals surface area contributed by atoms with Crippen molar-refractivity contribution >= 4 is 23.3 Å². The summed E-state index contributed by atoms with van der Waals surface area (Å²) in [6.07, 6.45) is 5.12. The number of nitrogens with one attached hydrogen (secondary N) is 1. The summed E-state index contributed by atoms with van der Waals surface area (Å²) >= 11 is 1.52. The lowest BCUT2D eigenvalue weighted by Crippen LogP contribution is -2.20. The van der Waals surface area contributed by atoms with Crippen LogP contribution in [0.5, 0.6) is 0 Å². The van der Waals surface area contributed by atoms with E-state index in [9.17, 15) is 4.79 Å². The third kappa shape index (κ3) is 5.34. The van der Waals surface area contributed by atoms with Gasteiger partial charge in [0.05, 0.1) is 17.9 Å². The van der Waals surface area contributed by atoms with Crippen LogP contribution in [0.1, 0.15) is 37.6 Å². The Bertz CT molecular complexity index is 922. The second-order valence-electron chi connectivity index (χ2n) is 7.28. The summed E-state index contributed by atoms with van der Waals surface area (Å²) in [5, 5.41) is 5.67. The summed E-state index contributed by atoms with van der Waals surface area (Å²) < 4.78 is 0. The Morgan fingerprint density at radius 2 is 1.93 bits per heavy atom. The highest BCUT2D eigenvalue weighted by Crippen LogP contribution is 2.23. The van der Waals surface area contributed by atoms with E-state index in [0.717, 1.165) is 22.0 Å². The van der Waals surface area contributed by atoms with Gasteiger partial charge in [0.15, 0.2) is 0 Å². The Kier molecular flexibility index (Phi) is 5.81. The fourth-order valence-corrected chi connectivity index (χ4v) is 3.29. The minimum Gasteiger partial charge on any atom is -0.347 e. The monoisotopic (exact) mass is 377 g/mol. The molecule has 1 N–H and O–H groups in total. The van der Waals surface area contributed by atoms with E-state index in [1.165, 1.54) is 16.9 Å². The van der Waals surface area contributed by atoms with Gasteiger partial charge in [0, 0.05) is 17.7 Å². The summed E-state index contributed by atoms with van der Waals surface area (Å²) in [5.41, 5.74) is 4.08. The number of hydrogen-bond donors (Lipinski definition) is 1. The third-order valence-electron chi connectivity index (χ3n) is 4.08. The van der Waals surface area contributed by atoms with E-state index in [1.54, 1.807) is 12.3 Å². The summed E-state index contributed by atoms with van der Waals surface area (Å²) in [6, 6.07) is 14.0. The van der Waals surface area contributed by atoms with Crippen molar-refractivity contribution in [1.29, 1.82) is 0 Å². The Morgan fingerprint density at radius 1 is 1.15 bits per heavy atom. The van der Waals surface area contributed by atoms with Gasteiger partial charge in [-0.15, -0.1) is 11.3 Å². The highest BCUT2D eigenvalue weighted by Gasteiger charge is 2.12. The molecule has 0 unspecified atom stereocenters. The van der Waals surface area contributed by atoms with Crippen LogP contribution in [-0.4, -0.2) is 15.9 Å². The van der Waals surface area contributed by atoms with Crippen molar-refractivity contribution in [2.45, 2.75) is 32.7 Å². The molecule has 0 aliphatic rings. The molecular weight excluding hydrogens is 354 g/mol. The Morgan fingerprint density at radius 3 is 2.59 bits per heavy atom. The molecule has 1 amide bonds. The average molecular weight is 378 g/mol. The van der Waals surface area contributed by atoms with Gasteiger partial charge in [-0.3, -0.25) is 9.78 Å². The summed E-state index contributed by atoms with van der Waals surface area (Å²) in [5.74, 6) is -0.137. The van der Waals surface area contributed by atoms with Crippen LogP contribution in [0, 0.1) is 0 Å². The predicted octanol–water partition coefficient (Wildman–Crippen LogP) is 4.83. The highest BCUT2D eigenvalue weighted by atomic mass is 32.1. The van der Waals surface area contributed by atoms with Gasteiger partial charge in [-0.2, -0.15) is 0 Å². The summed E-state index contributed by atoms with van der Waals surface area (Å²) in [4.78, 5) is 20.9. The maximum atomic E-state index is 12.1. The standard InChI is InChI=1S/C22H23N3OS/c1-22(2,3)17-10-7-16(8-11-17)9-12-20(26)24-14-18-15-27-21(25-18)19-6-4-5-13-23-19/h4-13,15H,14H2,1-3H3,(H,24,26)/b12-9+. The minimum absolute atomic E-state index is 0.126. The average Bonchev–Trinajstić information content (AvgIpc) is 3.14. The quantitative estimate of drug-likeness (QED) is 0.648. The lowest BCUT2D eigenvalue weighted by Gasteiger charge is -2.18.